The number of fused-ring (bicyclic) bond motifs is 1. The van der Waals surface area contributed by atoms with Crippen LogP contribution in [0.1, 0.15) is 6.42 Å². The quantitative estimate of drug-likeness (QED) is 0.929. The third kappa shape index (κ3) is 2.18. The summed E-state index contributed by atoms with van der Waals surface area (Å²) in [5.41, 5.74) is 0.864. The molecule has 0 atom stereocenters. The minimum atomic E-state index is -0.811. The van der Waals surface area contributed by atoms with E-state index in [9.17, 15) is 4.79 Å². The van der Waals surface area contributed by atoms with E-state index in [2.05, 4.69) is 21.0 Å². The van der Waals surface area contributed by atoms with Gasteiger partial charge in [-0.1, -0.05) is 12.1 Å². The number of halogens is 1. The van der Waals surface area contributed by atoms with Gasteiger partial charge in [0, 0.05) is 16.1 Å². The monoisotopic (exact) mass is 268 g/mol. The van der Waals surface area contributed by atoms with E-state index in [1.54, 1.807) is 4.68 Å². The number of rotatable bonds is 3. The second-order valence-electron chi connectivity index (χ2n) is 3.21. The number of aromatic nitrogens is 2. The highest BCUT2D eigenvalue weighted by molar-refractivity contribution is 9.10. The van der Waals surface area contributed by atoms with Crippen LogP contribution in [0.4, 0.5) is 0 Å². The van der Waals surface area contributed by atoms with Crippen LogP contribution >= 0.6 is 15.9 Å². The van der Waals surface area contributed by atoms with E-state index in [0.29, 0.717) is 6.54 Å². The largest absolute Gasteiger partial charge is 0.481 e. The first-order chi connectivity index (χ1) is 7.16. The summed E-state index contributed by atoms with van der Waals surface area (Å²) in [6, 6.07) is 5.79. The van der Waals surface area contributed by atoms with Gasteiger partial charge in [-0.15, -0.1) is 0 Å². The topological polar surface area (TPSA) is 55.1 Å². The van der Waals surface area contributed by atoms with Gasteiger partial charge in [-0.25, -0.2) is 0 Å². The second kappa shape index (κ2) is 4.02. The normalized spacial score (nSPS) is 10.7. The molecule has 2 rings (SSSR count). The molecule has 0 saturated carbocycles. The molecule has 1 aromatic carbocycles. The Morgan fingerprint density at radius 2 is 2.33 bits per heavy atom. The molecule has 1 heterocycles. The molecule has 0 saturated heterocycles. The zero-order valence-electron chi connectivity index (χ0n) is 7.85. The molecule has 4 nitrogen and oxygen atoms in total. The number of aliphatic carboxylic acids is 1. The van der Waals surface area contributed by atoms with Crippen molar-refractivity contribution >= 4 is 32.8 Å². The third-order valence-corrected chi connectivity index (χ3v) is 2.73. The molecule has 0 aliphatic heterocycles. The number of carboxylic acids is 1. The van der Waals surface area contributed by atoms with Gasteiger partial charge in [-0.3, -0.25) is 9.48 Å². The molecule has 2 aromatic rings. The molecule has 0 unspecified atom stereocenters. The first-order valence-corrected chi connectivity index (χ1v) is 5.29. The molecule has 0 aliphatic rings. The molecule has 0 bridgehead atoms. The fraction of sp³-hybridized carbons (Fsp3) is 0.200. The summed E-state index contributed by atoms with van der Waals surface area (Å²) in [4.78, 5) is 10.4. The average Bonchev–Trinajstić information content (AvgIpc) is 2.59. The Hall–Kier alpha value is -1.36. The van der Waals surface area contributed by atoms with Crippen molar-refractivity contribution in [3.63, 3.8) is 0 Å². The van der Waals surface area contributed by atoms with Crippen molar-refractivity contribution in [1.29, 1.82) is 0 Å². The van der Waals surface area contributed by atoms with Crippen molar-refractivity contribution in [2.75, 3.05) is 0 Å². The lowest BCUT2D eigenvalue weighted by molar-refractivity contribution is -0.137. The predicted molar refractivity (Wildman–Crippen MR) is 59.7 cm³/mol. The van der Waals surface area contributed by atoms with Crippen LogP contribution in [-0.4, -0.2) is 20.9 Å². The Balaban J connectivity index is 2.31. The Morgan fingerprint density at radius 3 is 3.00 bits per heavy atom. The van der Waals surface area contributed by atoms with Gasteiger partial charge in [0.15, 0.2) is 0 Å². The van der Waals surface area contributed by atoms with Crippen LogP contribution in [0, 0.1) is 0 Å². The van der Waals surface area contributed by atoms with E-state index in [4.69, 9.17) is 5.11 Å². The highest BCUT2D eigenvalue weighted by Gasteiger charge is 2.04. The number of aryl methyl sites for hydroxylation is 1. The van der Waals surface area contributed by atoms with Gasteiger partial charge in [-0.05, 0) is 22.0 Å². The van der Waals surface area contributed by atoms with Gasteiger partial charge in [-0.2, -0.15) is 5.10 Å². The average molecular weight is 269 g/mol. The van der Waals surface area contributed by atoms with Crippen LogP contribution in [-0.2, 0) is 11.3 Å². The number of benzene rings is 1. The summed E-state index contributed by atoms with van der Waals surface area (Å²) >= 11 is 3.40. The van der Waals surface area contributed by atoms with Crippen LogP contribution in [0.25, 0.3) is 10.9 Å². The van der Waals surface area contributed by atoms with Gasteiger partial charge in [0.05, 0.1) is 13.0 Å². The standard InChI is InChI=1S/C10H9BrN2O2/c11-8-3-1-2-7-6-13(12-10(7)8)5-4-9(14)15/h1-3,6H,4-5H2,(H,14,15). The van der Waals surface area contributed by atoms with Crippen molar-refractivity contribution in [2.24, 2.45) is 0 Å². The lowest BCUT2D eigenvalue weighted by Gasteiger charge is -1.95. The summed E-state index contributed by atoms with van der Waals surface area (Å²) < 4.78 is 2.58. The summed E-state index contributed by atoms with van der Waals surface area (Å²) in [5, 5.41) is 13.9. The Bertz CT molecular complexity index is 507. The maximum atomic E-state index is 10.4. The maximum absolute atomic E-state index is 10.4. The molecule has 0 aliphatic carbocycles. The van der Waals surface area contributed by atoms with Crippen LogP contribution in [0.2, 0.25) is 0 Å². The van der Waals surface area contributed by atoms with Gasteiger partial charge in [0.1, 0.15) is 5.52 Å². The number of carboxylic acid groups (broad SMARTS) is 1. The van der Waals surface area contributed by atoms with Crippen LogP contribution in [0.3, 0.4) is 0 Å². The molecule has 0 amide bonds. The fourth-order valence-corrected chi connectivity index (χ4v) is 1.85. The number of hydrogen-bond donors (Lipinski definition) is 1. The maximum Gasteiger partial charge on any atom is 0.305 e. The molecule has 0 fully saturated rings. The Kier molecular flexibility index (Phi) is 2.73. The van der Waals surface area contributed by atoms with Gasteiger partial charge in [0.2, 0.25) is 0 Å². The summed E-state index contributed by atoms with van der Waals surface area (Å²) in [6.45, 7) is 0.399. The van der Waals surface area contributed by atoms with E-state index < -0.39 is 5.97 Å². The van der Waals surface area contributed by atoms with E-state index in [0.717, 1.165) is 15.4 Å². The number of carbonyl (C=O) groups is 1. The van der Waals surface area contributed by atoms with Crippen molar-refractivity contribution in [3.05, 3.63) is 28.9 Å². The zero-order valence-corrected chi connectivity index (χ0v) is 9.44. The lowest BCUT2D eigenvalue weighted by atomic mass is 10.3. The van der Waals surface area contributed by atoms with Crippen molar-refractivity contribution < 1.29 is 9.90 Å². The molecule has 1 N–H and O–H groups in total. The predicted octanol–water partition coefficient (Wildman–Crippen LogP) is 2.27. The van der Waals surface area contributed by atoms with Crippen LogP contribution in [0.15, 0.2) is 28.9 Å². The molecule has 15 heavy (non-hydrogen) atoms. The molecular weight excluding hydrogens is 260 g/mol. The van der Waals surface area contributed by atoms with Crippen molar-refractivity contribution in [1.82, 2.24) is 9.78 Å². The summed E-state index contributed by atoms with van der Waals surface area (Å²) in [5.74, 6) is -0.811. The second-order valence-corrected chi connectivity index (χ2v) is 4.07. The van der Waals surface area contributed by atoms with E-state index >= 15 is 0 Å². The summed E-state index contributed by atoms with van der Waals surface area (Å²) in [6.07, 6.45) is 1.94. The van der Waals surface area contributed by atoms with Gasteiger partial charge >= 0.3 is 5.97 Å². The van der Waals surface area contributed by atoms with Crippen LogP contribution in [0.5, 0.6) is 0 Å². The molecule has 0 radical (unpaired) electrons. The first kappa shape index (κ1) is 10.2. The minimum Gasteiger partial charge on any atom is -0.481 e. The highest BCUT2D eigenvalue weighted by atomic mass is 79.9. The Labute approximate surface area is 94.6 Å². The minimum absolute atomic E-state index is 0.0889. The lowest BCUT2D eigenvalue weighted by Crippen LogP contribution is -2.04. The molecular formula is C10H9BrN2O2. The zero-order chi connectivity index (χ0) is 10.8. The molecule has 5 heteroatoms. The SMILES string of the molecule is O=C(O)CCn1cc2cccc(Br)c2n1. The molecule has 78 valence electrons. The van der Waals surface area contributed by atoms with Gasteiger partial charge < -0.3 is 5.11 Å². The number of hydrogen-bond acceptors (Lipinski definition) is 2. The van der Waals surface area contributed by atoms with Crippen molar-refractivity contribution in [2.45, 2.75) is 13.0 Å². The van der Waals surface area contributed by atoms with E-state index in [-0.39, 0.29) is 6.42 Å². The third-order valence-electron chi connectivity index (χ3n) is 2.09. The van der Waals surface area contributed by atoms with Crippen LogP contribution < -0.4 is 0 Å². The highest BCUT2D eigenvalue weighted by Crippen LogP contribution is 2.21. The molecule has 1 aromatic heterocycles. The van der Waals surface area contributed by atoms with Crippen molar-refractivity contribution in [3.8, 4) is 0 Å². The fourth-order valence-electron chi connectivity index (χ4n) is 1.38. The smallest absolute Gasteiger partial charge is 0.305 e. The number of nitrogens with zero attached hydrogens (tertiary/aromatic N) is 2. The van der Waals surface area contributed by atoms with E-state index in [1.807, 2.05) is 24.4 Å². The summed E-state index contributed by atoms with van der Waals surface area (Å²) in [7, 11) is 0. The Morgan fingerprint density at radius 1 is 1.53 bits per heavy atom. The van der Waals surface area contributed by atoms with Gasteiger partial charge in [0.25, 0.3) is 0 Å². The first-order valence-electron chi connectivity index (χ1n) is 4.50. The van der Waals surface area contributed by atoms with E-state index in [1.165, 1.54) is 0 Å². The molecule has 0 spiro atoms.